The highest BCUT2D eigenvalue weighted by atomic mass is 35.5. The van der Waals surface area contributed by atoms with Gasteiger partial charge in [0.25, 0.3) is 5.91 Å². The molecule has 0 saturated carbocycles. The standard InChI is InChI=1S/C21H12ClF3N4OS/c22-17-16(20(30)28-7-5-13(10-28)19-26-6-8-31-19)27-18-15(21(23,24)25)9-14(11-29(17)18)12-3-1-2-4-12/h1-3,5-6,8-9,11H,7,10H2. The van der Waals surface area contributed by atoms with Crippen LogP contribution in [-0.2, 0) is 6.18 Å². The number of fused-ring (bicyclic) bond motifs is 1. The quantitative estimate of drug-likeness (QED) is 0.510. The molecule has 10 heteroatoms. The number of hydrogen-bond donors (Lipinski definition) is 0. The largest absolute Gasteiger partial charge is 0.420 e. The summed E-state index contributed by atoms with van der Waals surface area (Å²) in [6.45, 7) is 0.591. The molecular weight excluding hydrogens is 449 g/mol. The molecule has 5 nitrogen and oxygen atoms in total. The van der Waals surface area contributed by atoms with Gasteiger partial charge in [0.15, 0.2) is 11.3 Å². The molecule has 0 bridgehead atoms. The lowest BCUT2D eigenvalue weighted by Gasteiger charge is -2.14. The molecule has 0 saturated heterocycles. The lowest BCUT2D eigenvalue weighted by molar-refractivity contribution is -0.136. The van der Waals surface area contributed by atoms with Crippen LogP contribution in [0.25, 0.3) is 16.8 Å². The third kappa shape index (κ3) is 3.40. The Bertz CT molecular complexity index is 1350. The van der Waals surface area contributed by atoms with Crippen LogP contribution < -0.4 is 0 Å². The van der Waals surface area contributed by atoms with E-state index in [1.54, 1.807) is 24.4 Å². The number of carbonyl (C=O) groups excluding carboxylic acids is 1. The molecule has 31 heavy (non-hydrogen) atoms. The fourth-order valence-corrected chi connectivity index (χ4v) is 4.44. The van der Waals surface area contributed by atoms with Gasteiger partial charge in [-0.25, -0.2) is 9.97 Å². The number of thiazole rings is 1. The molecule has 0 unspecified atom stereocenters. The van der Waals surface area contributed by atoms with Crippen LogP contribution in [0.1, 0.15) is 26.6 Å². The van der Waals surface area contributed by atoms with Gasteiger partial charge < -0.3 is 4.90 Å². The zero-order chi connectivity index (χ0) is 21.8. The molecule has 0 aromatic carbocycles. The van der Waals surface area contributed by atoms with Gasteiger partial charge in [0.1, 0.15) is 10.2 Å². The Labute approximate surface area is 183 Å². The van der Waals surface area contributed by atoms with Gasteiger partial charge in [-0.3, -0.25) is 9.20 Å². The van der Waals surface area contributed by atoms with E-state index in [1.807, 2.05) is 11.5 Å². The molecule has 5 rings (SSSR count). The Morgan fingerprint density at radius 1 is 1.32 bits per heavy atom. The molecule has 4 heterocycles. The Morgan fingerprint density at radius 3 is 2.84 bits per heavy atom. The number of aromatic nitrogens is 3. The van der Waals surface area contributed by atoms with Crippen LogP contribution in [0, 0.1) is 0 Å². The molecule has 1 aliphatic heterocycles. The van der Waals surface area contributed by atoms with E-state index >= 15 is 0 Å². The van der Waals surface area contributed by atoms with Crippen LogP contribution >= 0.6 is 22.9 Å². The number of nitrogens with zero attached hydrogens (tertiary/aromatic N) is 4. The minimum absolute atomic E-state index is 0.165. The minimum atomic E-state index is -4.67. The molecule has 0 radical (unpaired) electrons. The normalized spacial score (nSPS) is 15.8. The predicted molar refractivity (Wildman–Crippen MR) is 112 cm³/mol. The summed E-state index contributed by atoms with van der Waals surface area (Å²) in [5.74, 6) is -0.536. The van der Waals surface area contributed by atoms with Gasteiger partial charge in [-0.15, -0.1) is 17.1 Å². The molecular formula is C21H12ClF3N4OS. The first kappa shape index (κ1) is 19.8. The first-order valence-electron chi connectivity index (χ1n) is 9.13. The Balaban J connectivity index is 1.56. The highest BCUT2D eigenvalue weighted by molar-refractivity contribution is 7.10. The summed E-state index contributed by atoms with van der Waals surface area (Å²) >= 11 is 7.82. The van der Waals surface area contributed by atoms with Crippen LogP contribution in [0.2, 0.25) is 5.15 Å². The van der Waals surface area contributed by atoms with Crippen molar-refractivity contribution >= 4 is 45.6 Å². The van der Waals surface area contributed by atoms with Gasteiger partial charge in [-0.05, 0) is 18.2 Å². The van der Waals surface area contributed by atoms with Crippen molar-refractivity contribution in [3.63, 3.8) is 0 Å². The summed E-state index contributed by atoms with van der Waals surface area (Å²) < 4.78 is 42.4. The second kappa shape index (κ2) is 7.23. The van der Waals surface area contributed by atoms with Crippen molar-refractivity contribution in [2.24, 2.45) is 0 Å². The van der Waals surface area contributed by atoms with Crippen LogP contribution in [-0.4, -0.2) is 38.3 Å². The number of alkyl halides is 3. The van der Waals surface area contributed by atoms with Gasteiger partial charge in [-0.1, -0.05) is 23.8 Å². The average Bonchev–Trinajstić information content (AvgIpc) is 3.53. The van der Waals surface area contributed by atoms with E-state index in [1.165, 1.54) is 22.4 Å². The average molecular weight is 461 g/mol. The van der Waals surface area contributed by atoms with Gasteiger partial charge >= 0.3 is 6.18 Å². The highest BCUT2D eigenvalue weighted by Crippen LogP contribution is 2.37. The van der Waals surface area contributed by atoms with Crippen molar-refractivity contribution in [3.05, 3.63) is 80.9 Å². The second-order valence-electron chi connectivity index (χ2n) is 6.92. The van der Waals surface area contributed by atoms with Crippen molar-refractivity contribution in [1.29, 1.82) is 0 Å². The van der Waals surface area contributed by atoms with Crippen LogP contribution in [0.15, 0.2) is 53.9 Å². The van der Waals surface area contributed by atoms with Crippen LogP contribution in [0.4, 0.5) is 13.2 Å². The first-order chi connectivity index (χ1) is 14.8. The van der Waals surface area contributed by atoms with E-state index in [0.29, 0.717) is 12.1 Å². The maximum Gasteiger partial charge on any atom is 0.420 e. The third-order valence-electron chi connectivity index (χ3n) is 4.99. The highest BCUT2D eigenvalue weighted by Gasteiger charge is 2.37. The lowest BCUT2D eigenvalue weighted by Crippen LogP contribution is -2.29. The smallest absolute Gasteiger partial charge is 0.329 e. The zero-order valence-electron chi connectivity index (χ0n) is 15.7. The Hall–Kier alpha value is -3.13. The van der Waals surface area contributed by atoms with Crippen molar-refractivity contribution in [3.8, 4) is 0 Å². The van der Waals surface area contributed by atoms with E-state index in [2.05, 4.69) is 15.7 Å². The number of allylic oxidation sites excluding steroid dienone is 3. The van der Waals surface area contributed by atoms with Crippen molar-refractivity contribution in [1.82, 2.24) is 19.3 Å². The number of hydrogen-bond acceptors (Lipinski definition) is 4. The number of carbonyl (C=O) groups is 1. The molecule has 1 amide bonds. The van der Waals surface area contributed by atoms with E-state index in [9.17, 15) is 18.0 Å². The maximum absolute atomic E-state index is 13.8. The Kier molecular flexibility index (Phi) is 4.62. The zero-order valence-corrected chi connectivity index (χ0v) is 17.2. The molecule has 0 atom stereocenters. The van der Waals surface area contributed by atoms with E-state index in [4.69, 9.17) is 11.6 Å². The Morgan fingerprint density at radius 2 is 2.16 bits per heavy atom. The first-order valence-corrected chi connectivity index (χ1v) is 10.4. The van der Waals surface area contributed by atoms with E-state index < -0.39 is 23.3 Å². The molecule has 3 aromatic heterocycles. The maximum atomic E-state index is 13.8. The SMILES string of the molecule is O=C(c1nc2c(C(F)(F)F)cc(C3=C=CC=C3)cn2c1Cl)N1CC=C(c2nccs2)C1. The van der Waals surface area contributed by atoms with Gasteiger partial charge in [-0.2, -0.15) is 13.2 Å². The van der Waals surface area contributed by atoms with Crippen molar-refractivity contribution < 1.29 is 18.0 Å². The number of amides is 1. The van der Waals surface area contributed by atoms with Crippen LogP contribution in [0.3, 0.4) is 0 Å². The summed E-state index contributed by atoms with van der Waals surface area (Å²) in [4.78, 5) is 22.8. The van der Waals surface area contributed by atoms with E-state index in [-0.39, 0.29) is 23.0 Å². The van der Waals surface area contributed by atoms with Gasteiger partial charge in [0, 0.05) is 47.6 Å². The molecule has 2 aliphatic rings. The summed E-state index contributed by atoms with van der Waals surface area (Å²) in [6.07, 6.45) is 5.23. The molecule has 1 aliphatic carbocycles. The summed E-state index contributed by atoms with van der Waals surface area (Å²) in [5.41, 5.74) is 2.92. The monoisotopic (exact) mass is 460 g/mol. The van der Waals surface area contributed by atoms with Crippen molar-refractivity contribution in [2.45, 2.75) is 6.18 Å². The number of halogens is 4. The fourth-order valence-electron chi connectivity index (χ4n) is 3.52. The fraction of sp³-hybridized carbons (Fsp3) is 0.143. The predicted octanol–water partition coefficient (Wildman–Crippen LogP) is 5.11. The molecule has 0 fully saturated rings. The second-order valence-corrected chi connectivity index (χ2v) is 8.17. The molecule has 0 spiro atoms. The van der Waals surface area contributed by atoms with E-state index in [0.717, 1.165) is 21.0 Å². The lowest BCUT2D eigenvalue weighted by atomic mass is 10.1. The minimum Gasteiger partial charge on any atom is -0.329 e. The number of pyridine rings is 1. The summed E-state index contributed by atoms with van der Waals surface area (Å²) in [5, 5.41) is 2.47. The number of imidazole rings is 1. The molecule has 156 valence electrons. The van der Waals surface area contributed by atoms with Gasteiger partial charge in [0.2, 0.25) is 0 Å². The summed E-state index contributed by atoms with van der Waals surface area (Å²) in [7, 11) is 0. The molecule has 3 aromatic rings. The third-order valence-corrected chi connectivity index (χ3v) is 6.20. The topological polar surface area (TPSA) is 50.5 Å². The van der Waals surface area contributed by atoms with Gasteiger partial charge in [0.05, 0.1) is 5.56 Å². The van der Waals surface area contributed by atoms with Crippen LogP contribution in [0.5, 0.6) is 0 Å². The summed E-state index contributed by atoms with van der Waals surface area (Å²) in [6, 6.07) is 0.997. The number of rotatable bonds is 3. The molecule has 0 N–H and O–H groups in total. The van der Waals surface area contributed by atoms with Crippen molar-refractivity contribution in [2.75, 3.05) is 13.1 Å².